The van der Waals surface area contributed by atoms with Gasteiger partial charge in [-0.3, -0.25) is 4.79 Å². The standard InChI is InChI=1S/C6H12N3O2/c7-4-9-3-1-2-5(8-9)6(10)11/h4-5,8H,1-3,7H2,(H,10,11). The molecule has 0 bridgehead atoms. The largest absolute Gasteiger partial charge is 0.480 e. The maximum Gasteiger partial charge on any atom is 0.322 e. The van der Waals surface area contributed by atoms with Gasteiger partial charge in [0.1, 0.15) is 12.7 Å². The molecule has 11 heavy (non-hydrogen) atoms. The van der Waals surface area contributed by atoms with E-state index in [-0.39, 0.29) is 0 Å². The van der Waals surface area contributed by atoms with Crippen molar-refractivity contribution >= 4 is 5.97 Å². The zero-order valence-corrected chi connectivity index (χ0v) is 6.16. The summed E-state index contributed by atoms with van der Waals surface area (Å²) in [7, 11) is 0. The SMILES string of the molecule is N[CH]N1CCCC(C(=O)O)N1. The fourth-order valence-electron chi connectivity index (χ4n) is 1.09. The summed E-state index contributed by atoms with van der Waals surface area (Å²) in [6.45, 7) is 2.13. The molecule has 4 N–H and O–H groups in total. The number of hydrogen-bond donors (Lipinski definition) is 3. The van der Waals surface area contributed by atoms with Crippen molar-refractivity contribution in [3.63, 3.8) is 0 Å². The van der Waals surface area contributed by atoms with Gasteiger partial charge in [-0.15, -0.1) is 0 Å². The second-order valence-electron chi connectivity index (χ2n) is 2.50. The van der Waals surface area contributed by atoms with Gasteiger partial charge in [0.2, 0.25) is 0 Å². The first kappa shape index (κ1) is 8.45. The van der Waals surface area contributed by atoms with Gasteiger partial charge in [-0.1, -0.05) is 0 Å². The van der Waals surface area contributed by atoms with E-state index in [1.165, 1.54) is 6.67 Å². The minimum absolute atomic E-state index is 0.483. The van der Waals surface area contributed by atoms with Crippen molar-refractivity contribution in [1.82, 2.24) is 10.4 Å². The number of carboxylic acid groups (broad SMARTS) is 1. The zero-order valence-electron chi connectivity index (χ0n) is 6.16. The zero-order chi connectivity index (χ0) is 8.27. The van der Waals surface area contributed by atoms with Crippen LogP contribution in [-0.4, -0.2) is 28.7 Å². The van der Waals surface area contributed by atoms with Crippen LogP contribution in [0.2, 0.25) is 0 Å². The lowest BCUT2D eigenvalue weighted by atomic mass is 10.1. The van der Waals surface area contributed by atoms with E-state index in [4.69, 9.17) is 10.8 Å². The number of nitrogens with zero attached hydrogens (tertiary/aromatic N) is 1. The summed E-state index contributed by atoms with van der Waals surface area (Å²) in [6, 6.07) is -0.483. The van der Waals surface area contributed by atoms with Crippen LogP contribution in [0.4, 0.5) is 0 Å². The minimum atomic E-state index is -0.823. The second kappa shape index (κ2) is 3.66. The smallest absolute Gasteiger partial charge is 0.322 e. The van der Waals surface area contributed by atoms with Crippen LogP contribution in [-0.2, 0) is 4.79 Å². The molecule has 0 aromatic carbocycles. The fourth-order valence-corrected chi connectivity index (χ4v) is 1.09. The quantitative estimate of drug-likeness (QED) is 0.486. The predicted molar refractivity (Wildman–Crippen MR) is 39.0 cm³/mol. The predicted octanol–water partition coefficient (Wildman–Crippen LogP) is -0.882. The molecule has 0 saturated carbocycles. The van der Waals surface area contributed by atoms with Crippen LogP contribution in [0.3, 0.4) is 0 Å². The lowest BCUT2D eigenvalue weighted by molar-refractivity contribution is -0.142. The number of rotatable bonds is 2. The summed E-state index contributed by atoms with van der Waals surface area (Å²) >= 11 is 0. The van der Waals surface area contributed by atoms with Crippen molar-refractivity contribution in [1.29, 1.82) is 0 Å². The van der Waals surface area contributed by atoms with Gasteiger partial charge in [-0.05, 0) is 12.8 Å². The lowest BCUT2D eigenvalue weighted by Crippen LogP contribution is -2.52. The number of nitrogens with one attached hydrogen (secondary N) is 1. The van der Waals surface area contributed by atoms with Gasteiger partial charge in [-0.2, -0.15) is 0 Å². The van der Waals surface area contributed by atoms with Gasteiger partial charge in [0, 0.05) is 6.54 Å². The summed E-state index contributed by atoms with van der Waals surface area (Å²) in [6.07, 6.45) is 1.53. The summed E-state index contributed by atoms with van der Waals surface area (Å²) in [4.78, 5) is 10.5. The second-order valence-corrected chi connectivity index (χ2v) is 2.50. The first-order valence-electron chi connectivity index (χ1n) is 3.54. The number of hydrogen-bond acceptors (Lipinski definition) is 4. The Hall–Kier alpha value is -0.650. The number of nitrogens with two attached hydrogens (primary N) is 1. The summed E-state index contributed by atoms with van der Waals surface area (Å²) in [5.41, 5.74) is 7.97. The summed E-state index contributed by atoms with van der Waals surface area (Å²) < 4.78 is 0. The Morgan fingerprint density at radius 2 is 2.55 bits per heavy atom. The van der Waals surface area contributed by atoms with Gasteiger partial charge >= 0.3 is 5.97 Å². The van der Waals surface area contributed by atoms with E-state index in [1.54, 1.807) is 5.01 Å². The van der Waals surface area contributed by atoms with Crippen molar-refractivity contribution in [3.05, 3.63) is 6.67 Å². The molecule has 0 amide bonds. The van der Waals surface area contributed by atoms with Crippen molar-refractivity contribution < 1.29 is 9.90 Å². The topological polar surface area (TPSA) is 78.6 Å². The third-order valence-corrected chi connectivity index (χ3v) is 1.69. The highest BCUT2D eigenvalue weighted by molar-refractivity contribution is 5.73. The van der Waals surface area contributed by atoms with E-state index in [0.29, 0.717) is 6.42 Å². The highest BCUT2D eigenvalue weighted by atomic mass is 16.4. The molecular weight excluding hydrogens is 146 g/mol. The van der Waals surface area contributed by atoms with E-state index in [0.717, 1.165) is 13.0 Å². The van der Waals surface area contributed by atoms with Crippen LogP contribution >= 0.6 is 0 Å². The molecule has 63 valence electrons. The monoisotopic (exact) mass is 158 g/mol. The van der Waals surface area contributed by atoms with Crippen LogP contribution in [0.1, 0.15) is 12.8 Å². The Kier molecular flexibility index (Phi) is 2.81. The Morgan fingerprint density at radius 3 is 3.09 bits per heavy atom. The van der Waals surface area contributed by atoms with Crippen LogP contribution in [0, 0.1) is 6.67 Å². The minimum Gasteiger partial charge on any atom is -0.480 e. The molecule has 1 saturated heterocycles. The normalized spacial score (nSPS) is 26.8. The van der Waals surface area contributed by atoms with Crippen LogP contribution in [0.5, 0.6) is 0 Å². The first-order valence-corrected chi connectivity index (χ1v) is 3.54. The van der Waals surface area contributed by atoms with E-state index in [2.05, 4.69) is 5.43 Å². The van der Waals surface area contributed by atoms with Crippen LogP contribution in [0.15, 0.2) is 0 Å². The molecule has 0 spiro atoms. The van der Waals surface area contributed by atoms with Gasteiger partial charge in [0.25, 0.3) is 0 Å². The molecular formula is C6H12N3O2. The van der Waals surface area contributed by atoms with Crippen LogP contribution < -0.4 is 11.2 Å². The molecule has 1 aliphatic rings. The Balaban J connectivity index is 2.39. The highest BCUT2D eigenvalue weighted by Gasteiger charge is 2.23. The molecule has 0 aromatic heterocycles. The summed E-state index contributed by atoms with van der Waals surface area (Å²) in [5, 5.41) is 10.2. The van der Waals surface area contributed by atoms with Crippen LogP contribution in [0.25, 0.3) is 0 Å². The first-order chi connectivity index (χ1) is 5.24. The van der Waals surface area contributed by atoms with Crippen molar-refractivity contribution in [2.45, 2.75) is 18.9 Å². The number of hydrazine groups is 1. The molecule has 0 aliphatic carbocycles. The number of carbonyl (C=O) groups is 1. The Bertz CT molecular complexity index is 151. The average molecular weight is 158 g/mol. The molecule has 5 heteroatoms. The Labute approximate surface area is 65.1 Å². The average Bonchev–Trinajstić information content (AvgIpc) is 2.05. The van der Waals surface area contributed by atoms with E-state index < -0.39 is 12.0 Å². The van der Waals surface area contributed by atoms with Crippen molar-refractivity contribution in [2.24, 2.45) is 5.73 Å². The lowest BCUT2D eigenvalue weighted by Gasteiger charge is -2.29. The van der Waals surface area contributed by atoms with E-state index in [9.17, 15) is 4.79 Å². The van der Waals surface area contributed by atoms with Crippen molar-refractivity contribution in [2.75, 3.05) is 6.54 Å². The third-order valence-electron chi connectivity index (χ3n) is 1.69. The molecule has 1 radical (unpaired) electrons. The Morgan fingerprint density at radius 1 is 1.82 bits per heavy atom. The maximum absolute atomic E-state index is 10.5. The fraction of sp³-hybridized carbons (Fsp3) is 0.667. The number of carboxylic acids is 1. The molecule has 5 nitrogen and oxygen atoms in total. The molecule has 1 unspecified atom stereocenters. The van der Waals surface area contributed by atoms with Gasteiger partial charge in [0.05, 0.1) is 0 Å². The molecule has 1 heterocycles. The molecule has 1 rings (SSSR count). The van der Waals surface area contributed by atoms with Gasteiger partial charge in [0.15, 0.2) is 0 Å². The van der Waals surface area contributed by atoms with Crippen molar-refractivity contribution in [3.8, 4) is 0 Å². The molecule has 0 aromatic rings. The van der Waals surface area contributed by atoms with E-state index in [1.807, 2.05) is 0 Å². The maximum atomic E-state index is 10.5. The third kappa shape index (κ3) is 2.14. The molecule has 1 atom stereocenters. The van der Waals surface area contributed by atoms with Gasteiger partial charge < -0.3 is 10.8 Å². The molecule has 1 fully saturated rings. The molecule has 1 aliphatic heterocycles. The van der Waals surface area contributed by atoms with E-state index >= 15 is 0 Å². The van der Waals surface area contributed by atoms with Gasteiger partial charge in [-0.25, -0.2) is 10.4 Å². The highest BCUT2D eigenvalue weighted by Crippen LogP contribution is 2.06. The number of aliphatic carboxylic acids is 1. The summed E-state index contributed by atoms with van der Waals surface area (Å²) in [5.74, 6) is -0.823.